The molecule has 4 heteroatoms. The normalized spacial score (nSPS) is 18.1. The average Bonchev–Trinajstić information content (AvgIpc) is 2.70. The topological polar surface area (TPSA) is 64.3 Å². The molecule has 1 fully saturated rings. The van der Waals surface area contributed by atoms with E-state index in [4.69, 9.17) is 10.5 Å². The van der Waals surface area contributed by atoms with E-state index in [0.717, 1.165) is 12.8 Å². The minimum absolute atomic E-state index is 0.0336. The maximum absolute atomic E-state index is 12.1. The van der Waals surface area contributed by atoms with Gasteiger partial charge in [0.1, 0.15) is 5.75 Å². The van der Waals surface area contributed by atoms with Crippen LogP contribution in [0, 0.1) is 0 Å². The van der Waals surface area contributed by atoms with Crippen molar-refractivity contribution in [1.29, 1.82) is 0 Å². The van der Waals surface area contributed by atoms with Crippen LogP contribution in [0.2, 0.25) is 0 Å². The van der Waals surface area contributed by atoms with Gasteiger partial charge in [-0.05, 0) is 44.0 Å². The fraction of sp³-hybridized carbons (Fsp3) is 0.562. The largest absolute Gasteiger partial charge is 0.481 e. The highest BCUT2D eigenvalue weighted by Gasteiger charge is 2.19. The van der Waals surface area contributed by atoms with Gasteiger partial charge in [0.15, 0.2) is 6.10 Å². The first-order chi connectivity index (χ1) is 9.65. The summed E-state index contributed by atoms with van der Waals surface area (Å²) < 4.78 is 5.64. The van der Waals surface area contributed by atoms with Crippen LogP contribution in [0.15, 0.2) is 24.3 Å². The van der Waals surface area contributed by atoms with Crippen LogP contribution in [0.3, 0.4) is 0 Å². The lowest BCUT2D eigenvalue weighted by molar-refractivity contribution is -0.128. The summed E-state index contributed by atoms with van der Waals surface area (Å²) in [5.74, 6) is 0.636. The molecule has 20 heavy (non-hydrogen) atoms. The van der Waals surface area contributed by atoms with E-state index in [-0.39, 0.29) is 5.91 Å². The number of carbonyl (C=O) groups excluding carboxylic acids is 1. The number of anilines is 1. The second-order valence-electron chi connectivity index (χ2n) is 5.53. The van der Waals surface area contributed by atoms with Gasteiger partial charge in [0, 0.05) is 11.7 Å². The molecule has 1 saturated carbocycles. The second kappa shape index (κ2) is 7.17. The molecule has 4 nitrogen and oxygen atoms in total. The maximum Gasteiger partial charge on any atom is 0.260 e. The number of ether oxygens (including phenoxy) is 1. The van der Waals surface area contributed by atoms with Gasteiger partial charge >= 0.3 is 0 Å². The predicted molar refractivity (Wildman–Crippen MR) is 80.6 cm³/mol. The zero-order valence-electron chi connectivity index (χ0n) is 12.1. The van der Waals surface area contributed by atoms with Gasteiger partial charge in [-0.15, -0.1) is 0 Å². The Hall–Kier alpha value is -1.71. The maximum atomic E-state index is 12.1. The van der Waals surface area contributed by atoms with Gasteiger partial charge in [-0.1, -0.05) is 25.7 Å². The van der Waals surface area contributed by atoms with Crippen molar-refractivity contribution in [2.75, 3.05) is 5.73 Å². The third kappa shape index (κ3) is 4.44. The number of carbonyl (C=O) groups is 1. The molecule has 3 N–H and O–H groups in total. The number of rotatable bonds is 4. The van der Waals surface area contributed by atoms with Crippen LogP contribution in [0.1, 0.15) is 45.4 Å². The first-order valence-electron chi connectivity index (χ1n) is 7.48. The smallest absolute Gasteiger partial charge is 0.260 e. The van der Waals surface area contributed by atoms with Crippen molar-refractivity contribution < 1.29 is 9.53 Å². The van der Waals surface area contributed by atoms with Crippen molar-refractivity contribution in [1.82, 2.24) is 5.32 Å². The summed E-state index contributed by atoms with van der Waals surface area (Å²) in [6.07, 6.45) is 6.66. The Balaban J connectivity index is 1.83. The zero-order chi connectivity index (χ0) is 14.4. The lowest BCUT2D eigenvalue weighted by Crippen LogP contribution is -2.42. The molecule has 1 aliphatic carbocycles. The van der Waals surface area contributed by atoms with Crippen LogP contribution in [-0.2, 0) is 4.79 Å². The van der Waals surface area contributed by atoms with Gasteiger partial charge in [0.2, 0.25) is 0 Å². The quantitative estimate of drug-likeness (QED) is 0.656. The summed E-state index contributed by atoms with van der Waals surface area (Å²) in [7, 11) is 0. The fourth-order valence-corrected chi connectivity index (χ4v) is 2.55. The van der Waals surface area contributed by atoms with E-state index in [1.807, 2.05) is 0 Å². The predicted octanol–water partition coefficient (Wildman–Crippen LogP) is 2.88. The molecule has 1 atom stereocenters. The van der Waals surface area contributed by atoms with Gasteiger partial charge in [-0.3, -0.25) is 4.79 Å². The lowest BCUT2D eigenvalue weighted by atomic mass is 10.1. The zero-order valence-corrected chi connectivity index (χ0v) is 12.1. The van der Waals surface area contributed by atoms with E-state index in [1.165, 1.54) is 25.7 Å². The Morgan fingerprint density at radius 2 is 1.80 bits per heavy atom. The van der Waals surface area contributed by atoms with E-state index in [9.17, 15) is 4.79 Å². The highest BCUT2D eigenvalue weighted by atomic mass is 16.5. The molecule has 0 aliphatic heterocycles. The summed E-state index contributed by atoms with van der Waals surface area (Å²) in [4.78, 5) is 12.1. The molecule has 1 aromatic rings. The summed E-state index contributed by atoms with van der Waals surface area (Å²) in [5, 5.41) is 3.10. The number of benzene rings is 1. The third-order valence-corrected chi connectivity index (χ3v) is 3.76. The Labute approximate surface area is 120 Å². The lowest BCUT2D eigenvalue weighted by Gasteiger charge is -2.20. The monoisotopic (exact) mass is 276 g/mol. The number of nitrogens with one attached hydrogen (secondary N) is 1. The highest BCUT2D eigenvalue weighted by molar-refractivity contribution is 5.81. The standard InChI is InChI=1S/C16H24N2O2/c1-12(20-15-10-8-13(17)9-11-15)16(19)18-14-6-4-2-3-5-7-14/h8-12,14H,2-7,17H2,1H3,(H,18,19). The molecule has 1 aromatic carbocycles. The van der Waals surface area contributed by atoms with E-state index in [1.54, 1.807) is 31.2 Å². The van der Waals surface area contributed by atoms with Crippen molar-refractivity contribution >= 4 is 11.6 Å². The molecule has 0 heterocycles. The first-order valence-corrected chi connectivity index (χ1v) is 7.48. The Morgan fingerprint density at radius 1 is 1.20 bits per heavy atom. The number of hydrogen-bond acceptors (Lipinski definition) is 3. The van der Waals surface area contributed by atoms with Gasteiger partial charge < -0.3 is 15.8 Å². The number of nitrogen functional groups attached to an aromatic ring is 1. The summed E-state index contributed by atoms with van der Waals surface area (Å²) >= 11 is 0. The molecule has 1 aliphatic rings. The molecule has 0 spiro atoms. The summed E-state index contributed by atoms with van der Waals surface area (Å²) in [6, 6.07) is 7.41. The van der Waals surface area contributed by atoms with Gasteiger partial charge in [-0.25, -0.2) is 0 Å². The Morgan fingerprint density at radius 3 is 2.40 bits per heavy atom. The molecule has 0 saturated heterocycles. The second-order valence-corrected chi connectivity index (χ2v) is 5.53. The number of amides is 1. The van der Waals surface area contributed by atoms with Crippen LogP contribution in [-0.4, -0.2) is 18.1 Å². The summed E-state index contributed by atoms with van der Waals surface area (Å²) in [6.45, 7) is 1.78. The molecular weight excluding hydrogens is 252 g/mol. The molecule has 0 aromatic heterocycles. The van der Waals surface area contributed by atoms with Gasteiger partial charge in [0.05, 0.1) is 0 Å². The Bertz CT molecular complexity index is 423. The third-order valence-electron chi connectivity index (χ3n) is 3.76. The molecule has 0 radical (unpaired) electrons. The SMILES string of the molecule is CC(Oc1ccc(N)cc1)C(=O)NC1CCCCCC1. The van der Waals surface area contributed by atoms with E-state index in [2.05, 4.69) is 5.32 Å². The molecule has 0 bridgehead atoms. The van der Waals surface area contributed by atoms with E-state index >= 15 is 0 Å². The minimum Gasteiger partial charge on any atom is -0.481 e. The molecule has 110 valence electrons. The van der Waals surface area contributed by atoms with Crippen molar-refractivity contribution in [2.24, 2.45) is 0 Å². The van der Waals surface area contributed by atoms with Crippen molar-refractivity contribution in [3.63, 3.8) is 0 Å². The fourth-order valence-electron chi connectivity index (χ4n) is 2.55. The average molecular weight is 276 g/mol. The van der Waals surface area contributed by atoms with Crippen LogP contribution < -0.4 is 15.8 Å². The molecule has 1 unspecified atom stereocenters. The minimum atomic E-state index is -0.484. The summed E-state index contributed by atoms with van der Waals surface area (Å²) in [5.41, 5.74) is 6.31. The van der Waals surface area contributed by atoms with Crippen molar-refractivity contribution in [3.8, 4) is 5.75 Å². The Kier molecular flexibility index (Phi) is 5.27. The molecule has 2 rings (SSSR count). The van der Waals surface area contributed by atoms with Crippen LogP contribution in [0.4, 0.5) is 5.69 Å². The molecular formula is C16H24N2O2. The van der Waals surface area contributed by atoms with E-state index in [0.29, 0.717) is 17.5 Å². The van der Waals surface area contributed by atoms with Crippen LogP contribution in [0.25, 0.3) is 0 Å². The first kappa shape index (κ1) is 14.7. The van der Waals surface area contributed by atoms with E-state index < -0.39 is 6.10 Å². The van der Waals surface area contributed by atoms with Crippen molar-refractivity contribution in [2.45, 2.75) is 57.6 Å². The van der Waals surface area contributed by atoms with Crippen LogP contribution >= 0.6 is 0 Å². The van der Waals surface area contributed by atoms with Crippen molar-refractivity contribution in [3.05, 3.63) is 24.3 Å². The number of nitrogens with two attached hydrogens (primary N) is 1. The molecule has 1 amide bonds. The number of hydrogen-bond donors (Lipinski definition) is 2. The van der Waals surface area contributed by atoms with Crippen LogP contribution in [0.5, 0.6) is 5.75 Å². The highest BCUT2D eigenvalue weighted by Crippen LogP contribution is 2.18. The van der Waals surface area contributed by atoms with Gasteiger partial charge in [0.25, 0.3) is 5.91 Å². The van der Waals surface area contributed by atoms with Gasteiger partial charge in [-0.2, -0.15) is 0 Å².